The first-order valence-electron chi connectivity index (χ1n) is 5.94. The normalized spacial score (nSPS) is 11.0. The maximum Gasteiger partial charge on any atom is 0.271 e. The predicted octanol–water partition coefficient (Wildman–Crippen LogP) is 3.06. The summed E-state index contributed by atoms with van der Waals surface area (Å²) in [5.74, 6) is 0.343. The highest BCUT2D eigenvalue weighted by atomic mass is 35.5. The number of nitrogens with one attached hydrogen (secondary N) is 1. The van der Waals surface area contributed by atoms with Gasteiger partial charge in [-0.15, -0.1) is 0 Å². The van der Waals surface area contributed by atoms with E-state index in [9.17, 15) is 18.5 Å². The largest absolute Gasteiger partial charge is 0.495 e. The van der Waals surface area contributed by atoms with Gasteiger partial charge in [-0.1, -0.05) is 17.7 Å². The zero-order valence-corrected chi connectivity index (χ0v) is 12.9. The molecule has 0 amide bonds. The van der Waals surface area contributed by atoms with Crippen molar-refractivity contribution >= 4 is 33.0 Å². The van der Waals surface area contributed by atoms with E-state index in [4.69, 9.17) is 16.3 Å². The van der Waals surface area contributed by atoms with Crippen molar-refractivity contribution in [3.8, 4) is 5.75 Å². The van der Waals surface area contributed by atoms with Gasteiger partial charge in [0.15, 0.2) is 0 Å². The van der Waals surface area contributed by atoms with Crippen LogP contribution >= 0.6 is 11.6 Å². The van der Waals surface area contributed by atoms with Crippen molar-refractivity contribution in [3.63, 3.8) is 0 Å². The molecule has 0 unspecified atom stereocenters. The average Bonchev–Trinajstić information content (AvgIpc) is 2.47. The van der Waals surface area contributed by atoms with Gasteiger partial charge in [0, 0.05) is 12.1 Å². The van der Waals surface area contributed by atoms with Crippen LogP contribution < -0.4 is 9.46 Å². The summed E-state index contributed by atoms with van der Waals surface area (Å²) < 4.78 is 31.7. The van der Waals surface area contributed by atoms with Crippen molar-refractivity contribution in [3.05, 3.63) is 57.6 Å². The summed E-state index contributed by atoms with van der Waals surface area (Å²) in [7, 11) is -2.50. The summed E-state index contributed by atoms with van der Waals surface area (Å²) in [6, 6.07) is 9.17. The number of non-ortho nitro benzene ring substituents is 1. The molecule has 116 valence electrons. The Balaban J connectivity index is 2.33. The molecule has 0 atom stereocenters. The van der Waals surface area contributed by atoms with Gasteiger partial charge in [-0.05, 0) is 24.3 Å². The van der Waals surface area contributed by atoms with Crippen molar-refractivity contribution in [2.24, 2.45) is 0 Å². The smallest absolute Gasteiger partial charge is 0.271 e. The van der Waals surface area contributed by atoms with Crippen molar-refractivity contribution in [2.75, 3.05) is 11.8 Å². The number of methoxy groups -OCH3 is 1. The van der Waals surface area contributed by atoms with Crippen LogP contribution in [0.1, 0.15) is 0 Å². The SMILES string of the molecule is COc1ccc(S(=O)(=O)Nc2cccc([N+](=O)[O-])c2)cc1Cl. The number of nitrogens with zero attached hydrogens (tertiary/aromatic N) is 1. The fourth-order valence-corrected chi connectivity index (χ4v) is 3.11. The Morgan fingerprint density at radius 2 is 1.95 bits per heavy atom. The highest BCUT2D eigenvalue weighted by molar-refractivity contribution is 7.92. The molecule has 0 aliphatic rings. The number of rotatable bonds is 5. The Kier molecular flexibility index (Phi) is 4.53. The number of anilines is 1. The van der Waals surface area contributed by atoms with Gasteiger partial charge in [0.25, 0.3) is 15.7 Å². The number of hydrogen-bond donors (Lipinski definition) is 1. The molecule has 0 aliphatic heterocycles. The summed E-state index contributed by atoms with van der Waals surface area (Å²) in [4.78, 5) is 10.0. The Hall–Kier alpha value is -2.32. The van der Waals surface area contributed by atoms with E-state index in [0.29, 0.717) is 5.75 Å². The molecule has 0 aromatic heterocycles. The second-order valence-corrected chi connectivity index (χ2v) is 6.30. The molecule has 0 fully saturated rings. The highest BCUT2D eigenvalue weighted by Gasteiger charge is 2.17. The van der Waals surface area contributed by atoms with Gasteiger partial charge in [0.05, 0.1) is 27.6 Å². The fraction of sp³-hybridized carbons (Fsp3) is 0.0769. The van der Waals surface area contributed by atoms with Crippen LogP contribution in [-0.4, -0.2) is 20.5 Å². The second-order valence-electron chi connectivity index (χ2n) is 4.21. The van der Waals surface area contributed by atoms with Gasteiger partial charge < -0.3 is 4.74 Å². The molecule has 22 heavy (non-hydrogen) atoms. The molecule has 0 bridgehead atoms. The molecular weight excluding hydrogens is 332 g/mol. The van der Waals surface area contributed by atoms with E-state index in [2.05, 4.69) is 4.72 Å². The molecule has 0 radical (unpaired) electrons. The van der Waals surface area contributed by atoms with E-state index in [1.807, 2.05) is 0 Å². The third-order valence-electron chi connectivity index (χ3n) is 2.74. The number of nitro benzene ring substituents is 1. The summed E-state index contributed by atoms with van der Waals surface area (Å²) in [6.45, 7) is 0. The zero-order chi connectivity index (χ0) is 16.3. The molecule has 7 nitrogen and oxygen atoms in total. The van der Waals surface area contributed by atoms with Gasteiger partial charge in [-0.2, -0.15) is 0 Å². The van der Waals surface area contributed by atoms with E-state index in [0.717, 1.165) is 6.07 Å². The van der Waals surface area contributed by atoms with Crippen LogP contribution in [0.15, 0.2) is 47.4 Å². The number of benzene rings is 2. The molecule has 2 aromatic carbocycles. The highest BCUT2D eigenvalue weighted by Crippen LogP contribution is 2.28. The molecule has 0 aliphatic carbocycles. The van der Waals surface area contributed by atoms with Gasteiger partial charge in [0.1, 0.15) is 5.75 Å². The minimum absolute atomic E-state index is 0.0789. The van der Waals surface area contributed by atoms with Crippen LogP contribution in [0.2, 0.25) is 5.02 Å². The molecule has 2 rings (SSSR count). The standard InChI is InChI=1S/C13H11ClN2O5S/c1-21-13-6-5-11(8-12(13)14)22(19,20)15-9-3-2-4-10(7-9)16(17)18/h2-8,15H,1H3. The minimum atomic E-state index is -3.92. The topological polar surface area (TPSA) is 98.5 Å². The zero-order valence-electron chi connectivity index (χ0n) is 11.3. The summed E-state index contributed by atoms with van der Waals surface area (Å²) in [5, 5.41) is 10.8. The van der Waals surface area contributed by atoms with E-state index in [1.165, 1.54) is 43.5 Å². The van der Waals surface area contributed by atoms with Crippen LogP contribution in [0.25, 0.3) is 0 Å². The van der Waals surface area contributed by atoms with E-state index < -0.39 is 14.9 Å². The lowest BCUT2D eigenvalue weighted by Gasteiger charge is -2.09. The Morgan fingerprint density at radius 3 is 2.55 bits per heavy atom. The van der Waals surface area contributed by atoms with Crippen molar-refractivity contribution < 1.29 is 18.1 Å². The molecule has 1 N–H and O–H groups in total. The molecule has 0 heterocycles. The number of ether oxygens (including phenoxy) is 1. The molecule has 0 spiro atoms. The van der Waals surface area contributed by atoms with Crippen LogP contribution in [-0.2, 0) is 10.0 Å². The van der Waals surface area contributed by atoms with Gasteiger partial charge in [0.2, 0.25) is 0 Å². The van der Waals surface area contributed by atoms with Crippen molar-refractivity contribution in [1.29, 1.82) is 0 Å². The molecule has 0 saturated carbocycles. The lowest BCUT2D eigenvalue weighted by molar-refractivity contribution is -0.384. The lowest BCUT2D eigenvalue weighted by Crippen LogP contribution is -2.13. The van der Waals surface area contributed by atoms with E-state index in [1.54, 1.807) is 0 Å². The number of sulfonamides is 1. The maximum atomic E-state index is 12.3. The first-order chi connectivity index (χ1) is 10.3. The lowest BCUT2D eigenvalue weighted by atomic mass is 10.3. The van der Waals surface area contributed by atoms with Gasteiger partial charge in [-0.3, -0.25) is 14.8 Å². The fourth-order valence-electron chi connectivity index (χ4n) is 1.71. The van der Waals surface area contributed by atoms with Crippen molar-refractivity contribution in [1.82, 2.24) is 0 Å². The third-order valence-corrected chi connectivity index (χ3v) is 4.42. The quantitative estimate of drug-likeness (QED) is 0.665. The maximum absolute atomic E-state index is 12.3. The molecular formula is C13H11ClN2O5S. The second kappa shape index (κ2) is 6.20. The minimum Gasteiger partial charge on any atom is -0.495 e. The molecule has 2 aromatic rings. The monoisotopic (exact) mass is 342 g/mol. The third kappa shape index (κ3) is 3.46. The molecule has 9 heteroatoms. The number of nitro groups is 1. The summed E-state index contributed by atoms with van der Waals surface area (Å²) in [5.41, 5.74) is -0.130. The average molecular weight is 343 g/mol. The Labute approximate surface area is 131 Å². The Bertz CT molecular complexity index is 823. The van der Waals surface area contributed by atoms with Crippen LogP contribution in [0.4, 0.5) is 11.4 Å². The summed E-state index contributed by atoms with van der Waals surface area (Å²) in [6.07, 6.45) is 0. The number of hydrogen-bond acceptors (Lipinski definition) is 5. The first-order valence-corrected chi connectivity index (χ1v) is 7.80. The van der Waals surface area contributed by atoms with Crippen LogP contribution in [0, 0.1) is 10.1 Å². The predicted molar refractivity (Wildman–Crippen MR) is 81.9 cm³/mol. The van der Waals surface area contributed by atoms with Crippen molar-refractivity contribution in [2.45, 2.75) is 4.90 Å². The van der Waals surface area contributed by atoms with Crippen LogP contribution in [0.5, 0.6) is 5.75 Å². The van der Waals surface area contributed by atoms with Gasteiger partial charge >= 0.3 is 0 Å². The first kappa shape index (κ1) is 16.1. The number of halogens is 1. The van der Waals surface area contributed by atoms with E-state index in [-0.39, 0.29) is 21.3 Å². The van der Waals surface area contributed by atoms with Gasteiger partial charge in [-0.25, -0.2) is 8.42 Å². The summed E-state index contributed by atoms with van der Waals surface area (Å²) >= 11 is 5.90. The van der Waals surface area contributed by atoms with Crippen LogP contribution in [0.3, 0.4) is 0 Å². The Morgan fingerprint density at radius 1 is 1.23 bits per heavy atom. The van der Waals surface area contributed by atoms with E-state index >= 15 is 0 Å². The molecule has 0 saturated heterocycles.